The highest BCUT2D eigenvalue weighted by Crippen LogP contribution is 2.39. The van der Waals surface area contributed by atoms with Crippen molar-refractivity contribution in [1.29, 1.82) is 0 Å². The molecule has 2 aromatic heterocycles. The smallest absolute Gasteiger partial charge is 0.341 e. The molecule has 0 fully saturated rings. The van der Waals surface area contributed by atoms with Gasteiger partial charge in [0.15, 0.2) is 5.69 Å². The monoisotopic (exact) mass is 397 g/mol. The fraction of sp³-hybridized carbons (Fsp3) is 0.500. The third-order valence-electron chi connectivity index (χ3n) is 4.53. The summed E-state index contributed by atoms with van der Waals surface area (Å²) < 4.78 is 31.2. The Morgan fingerprint density at radius 2 is 2.11 bits per heavy atom. The molecule has 0 radical (unpaired) electrons. The molecule has 27 heavy (non-hydrogen) atoms. The van der Waals surface area contributed by atoms with E-state index in [1.807, 2.05) is 13.8 Å². The quantitative estimate of drug-likeness (QED) is 0.732. The number of carbonyl (C=O) groups excluding carboxylic acids is 2. The first-order chi connectivity index (χ1) is 12.9. The molecule has 1 amide bonds. The SMILES string of the molecule is CCC(C)OC(=O)c1c(NC(=O)c2ccn(C(F)F)n2)sc2c1CCCC2. The molecular weight excluding hydrogens is 376 g/mol. The molecule has 2 heterocycles. The zero-order valence-corrected chi connectivity index (χ0v) is 15.9. The predicted octanol–water partition coefficient (Wildman–Crippen LogP) is 4.43. The predicted molar refractivity (Wildman–Crippen MR) is 97.6 cm³/mol. The zero-order chi connectivity index (χ0) is 19.6. The van der Waals surface area contributed by atoms with Gasteiger partial charge in [0.25, 0.3) is 5.91 Å². The lowest BCUT2D eigenvalue weighted by Crippen LogP contribution is -2.19. The number of hydrogen-bond acceptors (Lipinski definition) is 5. The van der Waals surface area contributed by atoms with Crippen molar-refractivity contribution in [3.63, 3.8) is 0 Å². The standard InChI is InChI=1S/C18H21F2N3O3S/c1-3-10(2)26-17(25)14-11-6-4-5-7-13(11)27-16(14)21-15(24)12-8-9-23(22-12)18(19)20/h8-10,18H,3-7H2,1-2H3,(H,21,24). The van der Waals surface area contributed by atoms with Crippen molar-refractivity contribution in [2.75, 3.05) is 5.32 Å². The van der Waals surface area contributed by atoms with E-state index in [-0.39, 0.29) is 11.8 Å². The van der Waals surface area contributed by atoms with E-state index in [2.05, 4.69) is 10.4 Å². The lowest BCUT2D eigenvalue weighted by molar-refractivity contribution is 0.0334. The first-order valence-electron chi connectivity index (χ1n) is 8.90. The maximum absolute atomic E-state index is 12.7. The largest absolute Gasteiger partial charge is 0.459 e. The number of nitrogens with zero attached hydrogens (tertiary/aromatic N) is 2. The van der Waals surface area contributed by atoms with Gasteiger partial charge in [0, 0.05) is 11.1 Å². The molecule has 1 aliphatic rings. The Bertz CT molecular complexity index is 847. The number of nitrogens with one attached hydrogen (secondary N) is 1. The number of carbonyl (C=O) groups is 2. The molecule has 1 N–H and O–H groups in total. The third kappa shape index (κ3) is 4.18. The number of rotatable bonds is 6. The summed E-state index contributed by atoms with van der Waals surface area (Å²) in [5.41, 5.74) is 1.17. The van der Waals surface area contributed by atoms with Gasteiger partial charge in [-0.15, -0.1) is 11.3 Å². The minimum absolute atomic E-state index is 0.136. The topological polar surface area (TPSA) is 73.2 Å². The van der Waals surface area contributed by atoms with Gasteiger partial charge < -0.3 is 10.1 Å². The minimum Gasteiger partial charge on any atom is -0.459 e. The summed E-state index contributed by atoms with van der Waals surface area (Å²) in [4.78, 5) is 26.2. The number of thiophene rings is 1. The molecular formula is C18H21F2N3O3S. The number of amides is 1. The van der Waals surface area contributed by atoms with E-state index in [1.165, 1.54) is 17.4 Å². The Labute approximate surface area is 159 Å². The van der Waals surface area contributed by atoms with Gasteiger partial charge in [-0.05, 0) is 50.7 Å². The Morgan fingerprint density at radius 1 is 1.37 bits per heavy atom. The number of esters is 1. The van der Waals surface area contributed by atoms with E-state index >= 15 is 0 Å². The second-order valence-electron chi connectivity index (χ2n) is 6.45. The summed E-state index contributed by atoms with van der Waals surface area (Å²) in [5, 5.41) is 6.63. The third-order valence-corrected chi connectivity index (χ3v) is 5.73. The number of aryl methyl sites for hydroxylation is 1. The number of anilines is 1. The summed E-state index contributed by atoms with van der Waals surface area (Å²) in [5.74, 6) is -1.09. The number of halogens is 2. The van der Waals surface area contributed by atoms with Crippen molar-refractivity contribution in [3.8, 4) is 0 Å². The highest BCUT2D eigenvalue weighted by atomic mass is 32.1. The molecule has 9 heteroatoms. The lowest BCUT2D eigenvalue weighted by Gasteiger charge is -2.15. The molecule has 0 bridgehead atoms. The van der Waals surface area contributed by atoms with Crippen molar-refractivity contribution < 1.29 is 23.1 Å². The Kier molecular flexibility index (Phi) is 5.88. The van der Waals surface area contributed by atoms with Crippen LogP contribution in [0.1, 0.15) is 70.9 Å². The van der Waals surface area contributed by atoms with Crippen LogP contribution in [0, 0.1) is 0 Å². The summed E-state index contributed by atoms with van der Waals surface area (Å²) in [7, 11) is 0. The van der Waals surface area contributed by atoms with Crippen molar-refractivity contribution >= 4 is 28.2 Å². The van der Waals surface area contributed by atoms with Crippen LogP contribution in [0.2, 0.25) is 0 Å². The van der Waals surface area contributed by atoms with Crippen molar-refractivity contribution in [2.24, 2.45) is 0 Å². The lowest BCUT2D eigenvalue weighted by atomic mass is 9.95. The number of aromatic nitrogens is 2. The molecule has 0 saturated heterocycles. The van der Waals surface area contributed by atoms with Crippen LogP contribution in [-0.2, 0) is 17.6 Å². The normalized spacial score (nSPS) is 14.7. The molecule has 146 valence electrons. The van der Waals surface area contributed by atoms with Gasteiger partial charge in [0.2, 0.25) is 0 Å². The van der Waals surface area contributed by atoms with Crippen LogP contribution >= 0.6 is 11.3 Å². The summed E-state index contributed by atoms with van der Waals surface area (Å²) in [6.45, 7) is 0.913. The molecule has 0 aromatic carbocycles. The van der Waals surface area contributed by atoms with Gasteiger partial charge >= 0.3 is 12.5 Å². The van der Waals surface area contributed by atoms with Gasteiger partial charge in [-0.1, -0.05) is 6.92 Å². The second-order valence-corrected chi connectivity index (χ2v) is 7.56. The molecule has 0 saturated carbocycles. The van der Waals surface area contributed by atoms with Crippen LogP contribution in [0.15, 0.2) is 12.3 Å². The van der Waals surface area contributed by atoms with Crippen LogP contribution in [0.25, 0.3) is 0 Å². The second kappa shape index (κ2) is 8.16. The van der Waals surface area contributed by atoms with E-state index < -0.39 is 18.4 Å². The Balaban J connectivity index is 1.88. The van der Waals surface area contributed by atoms with Gasteiger partial charge in [-0.2, -0.15) is 13.9 Å². The van der Waals surface area contributed by atoms with E-state index in [0.29, 0.717) is 21.7 Å². The minimum atomic E-state index is -2.82. The van der Waals surface area contributed by atoms with E-state index in [4.69, 9.17) is 4.74 Å². The van der Waals surface area contributed by atoms with Crippen LogP contribution < -0.4 is 5.32 Å². The molecule has 6 nitrogen and oxygen atoms in total. The first-order valence-corrected chi connectivity index (χ1v) is 9.72. The zero-order valence-electron chi connectivity index (χ0n) is 15.1. The first kappa shape index (κ1) is 19.5. The van der Waals surface area contributed by atoms with E-state index in [1.54, 1.807) is 0 Å². The fourth-order valence-electron chi connectivity index (χ4n) is 2.93. The average Bonchev–Trinajstić information content (AvgIpc) is 3.26. The maximum Gasteiger partial charge on any atom is 0.341 e. The highest BCUT2D eigenvalue weighted by Gasteiger charge is 2.28. The molecule has 1 aliphatic carbocycles. The van der Waals surface area contributed by atoms with Crippen molar-refractivity contribution in [1.82, 2.24) is 9.78 Å². The fourth-order valence-corrected chi connectivity index (χ4v) is 4.20. The molecule has 3 rings (SSSR count). The van der Waals surface area contributed by atoms with Crippen molar-refractivity contribution in [2.45, 2.75) is 58.6 Å². The van der Waals surface area contributed by atoms with Gasteiger partial charge in [0.1, 0.15) is 5.00 Å². The number of alkyl halides is 2. The Hall–Kier alpha value is -2.29. The maximum atomic E-state index is 12.7. The van der Waals surface area contributed by atoms with E-state index in [9.17, 15) is 18.4 Å². The van der Waals surface area contributed by atoms with Gasteiger partial charge in [-0.25, -0.2) is 9.48 Å². The average molecular weight is 397 g/mol. The number of hydrogen-bond donors (Lipinski definition) is 1. The van der Waals surface area contributed by atoms with Crippen LogP contribution in [-0.4, -0.2) is 27.8 Å². The Morgan fingerprint density at radius 3 is 2.78 bits per heavy atom. The van der Waals surface area contributed by atoms with Gasteiger partial charge in [-0.3, -0.25) is 4.79 Å². The van der Waals surface area contributed by atoms with E-state index in [0.717, 1.165) is 42.3 Å². The molecule has 0 spiro atoms. The molecule has 2 aromatic rings. The summed E-state index contributed by atoms with van der Waals surface area (Å²) in [6, 6.07) is 1.21. The summed E-state index contributed by atoms with van der Waals surface area (Å²) >= 11 is 1.35. The van der Waals surface area contributed by atoms with Crippen LogP contribution in [0.5, 0.6) is 0 Å². The number of fused-ring (bicyclic) bond motifs is 1. The molecule has 1 unspecified atom stereocenters. The molecule has 0 aliphatic heterocycles. The highest BCUT2D eigenvalue weighted by molar-refractivity contribution is 7.17. The van der Waals surface area contributed by atoms with Gasteiger partial charge in [0.05, 0.1) is 11.7 Å². The van der Waals surface area contributed by atoms with Crippen molar-refractivity contribution in [3.05, 3.63) is 34.0 Å². The molecule has 1 atom stereocenters. The summed E-state index contributed by atoms with van der Waals surface area (Å²) in [6.07, 6.45) is 5.09. The number of ether oxygens (including phenoxy) is 1. The van der Waals surface area contributed by atoms with Crippen LogP contribution in [0.4, 0.5) is 13.8 Å². The van der Waals surface area contributed by atoms with Crippen LogP contribution in [0.3, 0.4) is 0 Å².